The highest BCUT2D eigenvalue weighted by molar-refractivity contribution is 7.90. The van der Waals surface area contributed by atoms with Gasteiger partial charge in [-0.3, -0.25) is 10.1 Å². The van der Waals surface area contributed by atoms with E-state index < -0.39 is 52.9 Å². The average molecular weight is 648 g/mol. The minimum atomic E-state index is -4.96. The summed E-state index contributed by atoms with van der Waals surface area (Å²) in [5.74, 6) is -3.57. The van der Waals surface area contributed by atoms with E-state index in [0.717, 1.165) is 34.1 Å². The number of aryl methyl sites for hydroxylation is 1. The topological polar surface area (TPSA) is 109 Å². The van der Waals surface area contributed by atoms with E-state index in [1.54, 1.807) is 37.3 Å². The Hall–Kier alpha value is -5.02. The lowest BCUT2D eigenvalue weighted by Crippen LogP contribution is -2.17. The van der Waals surface area contributed by atoms with Crippen LogP contribution in [0.15, 0.2) is 90.1 Å². The Balaban J connectivity index is 1.50. The Morgan fingerprint density at radius 1 is 0.978 bits per heavy atom. The number of carbonyl (C=O) groups excluding carboxylic acids is 1. The number of pyridine rings is 1. The van der Waals surface area contributed by atoms with Crippen LogP contribution in [0, 0.1) is 18.6 Å². The highest BCUT2D eigenvalue weighted by atomic mass is 32.2. The number of ether oxygens (including phenoxy) is 3. The first-order valence-electron chi connectivity index (χ1n) is 13.0. The maximum absolute atomic E-state index is 15.1. The Kier molecular flexibility index (Phi) is 8.75. The fourth-order valence-corrected chi connectivity index (χ4v) is 5.65. The molecule has 0 aliphatic rings. The molecule has 5 rings (SSSR count). The van der Waals surface area contributed by atoms with Crippen molar-refractivity contribution >= 4 is 32.8 Å². The van der Waals surface area contributed by atoms with Crippen LogP contribution in [-0.2, 0) is 21.2 Å². The van der Waals surface area contributed by atoms with Gasteiger partial charge in [-0.05, 0) is 49.2 Å². The van der Waals surface area contributed by atoms with Gasteiger partial charge >= 0.3 is 12.5 Å². The zero-order chi connectivity index (χ0) is 32.4. The molecule has 0 atom stereocenters. The predicted octanol–water partition coefficient (Wildman–Crippen LogP) is 7.34. The van der Waals surface area contributed by atoms with Crippen molar-refractivity contribution in [2.45, 2.75) is 24.6 Å². The maximum Gasteiger partial charge on any atom is 0.522 e. The van der Waals surface area contributed by atoms with Gasteiger partial charge in [0.25, 0.3) is 10.0 Å². The molecule has 0 spiro atoms. The smallest absolute Gasteiger partial charge is 0.450 e. The summed E-state index contributed by atoms with van der Waals surface area (Å²) < 4.78 is 111. The van der Waals surface area contributed by atoms with E-state index in [4.69, 9.17) is 9.47 Å². The molecule has 0 bridgehead atoms. The molecule has 2 heterocycles. The number of rotatable bonds is 9. The van der Waals surface area contributed by atoms with Crippen molar-refractivity contribution in [2.75, 3.05) is 11.9 Å². The molecule has 15 heteroatoms. The molecule has 0 radical (unpaired) electrons. The van der Waals surface area contributed by atoms with Gasteiger partial charge in [-0.15, -0.1) is 13.2 Å². The van der Waals surface area contributed by atoms with E-state index in [1.807, 2.05) is 0 Å². The number of amides is 1. The number of para-hydroxylation sites is 1. The summed E-state index contributed by atoms with van der Waals surface area (Å²) in [5.41, 5.74) is 0.190. The van der Waals surface area contributed by atoms with Crippen LogP contribution in [0.5, 0.6) is 17.2 Å². The predicted molar refractivity (Wildman–Crippen MR) is 152 cm³/mol. The van der Waals surface area contributed by atoms with Crippen molar-refractivity contribution in [3.63, 3.8) is 0 Å². The van der Waals surface area contributed by atoms with Crippen LogP contribution in [-0.4, -0.2) is 36.4 Å². The number of benzene rings is 3. The van der Waals surface area contributed by atoms with Gasteiger partial charge in [-0.25, -0.2) is 30.9 Å². The van der Waals surface area contributed by atoms with Gasteiger partial charge in [0.15, 0.2) is 23.0 Å². The molecule has 234 valence electrons. The van der Waals surface area contributed by atoms with Gasteiger partial charge < -0.3 is 9.47 Å². The molecule has 2 aromatic heterocycles. The molecule has 1 N–H and O–H groups in total. The van der Waals surface area contributed by atoms with E-state index in [1.165, 1.54) is 30.3 Å². The first-order valence-corrected chi connectivity index (χ1v) is 14.5. The van der Waals surface area contributed by atoms with Crippen molar-refractivity contribution in [1.82, 2.24) is 8.96 Å². The third-order valence-corrected chi connectivity index (χ3v) is 7.99. The first-order chi connectivity index (χ1) is 21.3. The van der Waals surface area contributed by atoms with E-state index in [-0.39, 0.29) is 38.7 Å². The lowest BCUT2D eigenvalue weighted by molar-refractivity contribution is -0.324. The fraction of sp³-hybridized carbons (Fsp3) is 0.133. The summed E-state index contributed by atoms with van der Waals surface area (Å²) in [6.07, 6.45) is -4.28. The van der Waals surface area contributed by atoms with Crippen molar-refractivity contribution in [2.24, 2.45) is 0 Å². The number of nitrogens with one attached hydrogen (secondary N) is 1. The van der Waals surface area contributed by atoms with Crippen molar-refractivity contribution in [3.05, 3.63) is 108 Å². The van der Waals surface area contributed by atoms with Gasteiger partial charge in [0.2, 0.25) is 0 Å². The number of hydrogen-bond acceptors (Lipinski definition) is 7. The quantitative estimate of drug-likeness (QED) is 0.167. The highest BCUT2D eigenvalue weighted by Crippen LogP contribution is 2.37. The summed E-state index contributed by atoms with van der Waals surface area (Å²) in [5, 5.41) is 2.07. The minimum absolute atomic E-state index is 0.0178. The van der Waals surface area contributed by atoms with Gasteiger partial charge in [0.05, 0.1) is 22.6 Å². The van der Waals surface area contributed by atoms with Gasteiger partial charge in [0, 0.05) is 24.5 Å². The summed E-state index contributed by atoms with van der Waals surface area (Å²) in [4.78, 5) is 16.1. The first kappa shape index (κ1) is 31.4. The molecule has 0 saturated heterocycles. The van der Waals surface area contributed by atoms with Crippen molar-refractivity contribution in [1.29, 1.82) is 0 Å². The average Bonchev–Trinajstić information content (AvgIpc) is 3.35. The summed E-state index contributed by atoms with van der Waals surface area (Å²) in [6, 6.07) is 16.4. The van der Waals surface area contributed by atoms with E-state index in [9.17, 15) is 26.4 Å². The second kappa shape index (κ2) is 12.5. The molecule has 5 aromatic rings. The SMILES string of the molecule is Cc1ccc(S(=O)(=O)n2cc(CCOC(F)(F)F)c3c(Oc4c(F)cc(NC(=O)Oc5ccccc5)cc4F)ccnc32)cc1. The molecule has 3 aromatic carbocycles. The van der Waals surface area contributed by atoms with Crippen LogP contribution in [0.2, 0.25) is 0 Å². The molecule has 0 fully saturated rings. The Labute approximate surface area is 252 Å². The van der Waals surface area contributed by atoms with Gasteiger partial charge in [-0.2, -0.15) is 0 Å². The summed E-state index contributed by atoms with van der Waals surface area (Å²) in [6.45, 7) is 0.853. The molecular formula is C30H22F5N3O6S. The van der Waals surface area contributed by atoms with Crippen LogP contribution in [0.4, 0.5) is 32.4 Å². The molecule has 45 heavy (non-hydrogen) atoms. The Morgan fingerprint density at radius 3 is 2.29 bits per heavy atom. The number of aromatic nitrogens is 2. The molecule has 9 nitrogen and oxygen atoms in total. The number of hydrogen-bond donors (Lipinski definition) is 1. The molecule has 0 aliphatic heterocycles. The number of carbonyl (C=O) groups is 1. The standard InChI is InChI=1S/C30H22F5N3O6S/c1-18-7-9-22(10-8-18)45(40,41)38-17-19(12-14-42-30(33,34)35)26-25(11-13-36-28(26)38)44-27-23(31)15-20(16-24(27)32)37-29(39)43-21-5-3-2-4-6-21/h2-11,13,15-17H,12,14H2,1H3,(H,37,39). The number of halogens is 5. The summed E-state index contributed by atoms with van der Waals surface area (Å²) >= 11 is 0. The van der Waals surface area contributed by atoms with Crippen molar-refractivity contribution < 1.29 is 49.4 Å². The van der Waals surface area contributed by atoms with Gasteiger partial charge in [0.1, 0.15) is 11.5 Å². The third kappa shape index (κ3) is 7.21. The van der Waals surface area contributed by atoms with Crippen LogP contribution >= 0.6 is 0 Å². The number of fused-ring (bicyclic) bond motifs is 1. The fourth-order valence-electron chi connectivity index (χ4n) is 4.31. The largest absolute Gasteiger partial charge is 0.522 e. The zero-order valence-electron chi connectivity index (χ0n) is 23.1. The van der Waals surface area contributed by atoms with Crippen LogP contribution in [0.3, 0.4) is 0 Å². The molecule has 0 aliphatic carbocycles. The lowest BCUT2D eigenvalue weighted by Gasteiger charge is -2.13. The number of anilines is 1. The second-order valence-corrected chi connectivity index (χ2v) is 11.3. The zero-order valence-corrected chi connectivity index (χ0v) is 24.0. The molecule has 1 amide bonds. The lowest BCUT2D eigenvalue weighted by atomic mass is 10.1. The molecule has 0 unspecified atom stereocenters. The van der Waals surface area contributed by atoms with Crippen LogP contribution in [0.25, 0.3) is 11.0 Å². The van der Waals surface area contributed by atoms with Crippen molar-refractivity contribution in [3.8, 4) is 17.2 Å². The highest BCUT2D eigenvalue weighted by Gasteiger charge is 2.30. The number of alkyl halides is 3. The van der Waals surface area contributed by atoms with Crippen LogP contribution < -0.4 is 14.8 Å². The third-order valence-electron chi connectivity index (χ3n) is 6.32. The molecule has 0 saturated carbocycles. The maximum atomic E-state index is 15.1. The van der Waals surface area contributed by atoms with E-state index >= 15 is 8.78 Å². The summed E-state index contributed by atoms with van der Waals surface area (Å²) in [7, 11) is -4.33. The molecular weight excluding hydrogens is 625 g/mol. The Bertz CT molecular complexity index is 1940. The van der Waals surface area contributed by atoms with Crippen LogP contribution in [0.1, 0.15) is 11.1 Å². The second-order valence-electron chi connectivity index (χ2n) is 9.52. The van der Waals surface area contributed by atoms with Gasteiger partial charge in [-0.1, -0.05) is 35.9 Å². The van der Waals surface area contributed by atoms with E-state index in [0.29, 0.717) is 0 Å². The number of nitrogens with zero attached hydrogens (tertiary/aromatic N) is 2. The normalized spacial score (nSPS) is 11.9. The van der Waals surface area contributed by atoms with E-state index in [2.05, 4.69) is 15.0 Å². The monoisotopic (exact) mass is 647 g/mol. The minimum Gasteiger partial charge on any atom is -0.450 e. The Morgan fingerprint density at radius 2 is 1.64 bits per heavy atom.